The largest absolute Gasteiger partial charge is 0.431 e. The molecule has 0 spiro atoms. The summed E-state index contributed by atoms with van der Waals surface area (Å²) in [6.07, 6.45) is 3.62. The van der Waals surface area contributed by atoms with Gasteiger partial charge in [-0.2, -0.15) is 0 Å². The van der Waals surface area contributed by atoms with E-state index in [1.807, 2.05) is 30.3 Å². The second-order valence-electron chi connectivity index (χ2n) is 6.47. The predicted octanol–water partition coefficient (Wildman–Crippen LogP) is 2.80. The van der Waals surface area contributed by atoms with Crippen molar-refractivity contribution in [1.29, 1.82) is 0 Å². The highest BCUT2D eigenvalue weighted by Gasteiger charge is 2.13. The van der Waals surface area contributed by atoms with Gasteiger partial charge in [-0.3, -0.25) is 20.4 Å². The van der Waals surface area contributed by atoms with Gasteiger partial charge < -0.3 is 4.42 Å². The van der Waals surface area contributed by atoms with E-state index in [1.165, 1.54) is 29.3 Å². The number of hydrazine groups is 1. The number of rotatable bonds is 5. The number of fused-ring (bicyclic) bond motifs is 2. The van der Waals surface area contributed by atoms with Crippen LogP contribution in [0.5, 0.6) is 0 Å². The zero-order valence-corrected chi connectivity index (χ0v) is 15.5. The summed E-state index contributed by atoms with van der Waals surface area (Å²) in [6.45, 7) is 0. The molecule has 7 heteroatoms. The number of para-hydroxylation sites is 2. The molecule has 1 heterocycles. The van der Waals surface area contributed by atoms with Crippen LogP contribution in [-0.4, -0.2) is 22.6 Å². The molecule has 2 aromatic carbocycles. The molecule has 0 aliphatic heterocycles. The average molecular weight is 381 g/mol. The SMILES string of the molecule is O=C(CSc1nc2ccccc2o1)NNC(=O)Cc1ccc2c(c1)CCC2. The van der Waals surface area contributed by atoms with Gasteiger partial charge in [0.05, 0.1) is 12.2 Å². The van der Waals surface area contributed by atoms with E-state index in [2.05, 4.69) is 28.0 Å². The minimum Gasteiger partial charge on any atom is -0.431 e. The van der Waals surface area contributed by atoms with Gasteiger partial charge in [0.2, 0.25) is 11.8 Å². The molecule has 1 aliphatic carbocycles. The lowest BCUT2D eigenvalue weighted by Crippen LogP contribution is -2.43. The Hall–Kier alpha value is -2.80. The second kappa shape index (κ2) is 7.84. The first-order valence-electron chi connectivity index (χ1n) is 8.84. The Morgan fingerprint density at radius 2 is 1.85 bits per heavy atom. The van der Waals surface area contributed by atoms with Crippen LogP contribution < -0.4 is 10.9 Å². The smallest absolute Gasteiger partial charge is 0.257 e. The van der Waals surface area contributed by atoms with Crippen molar-refractivity contribution in [2.45, 2.75) is 30.9 Å². The number of carbonyl (C=O) groups is 2. The Kier molecular flexibility index (Phi) is 5.11. The van der Waals surface area contributed by atoms with Crippen LogP contribution in [0.4, 0.5) is 0 Å². The number of aromatic nitrogens is 1. The molecule has 2 N–H and O–H groups in total. The van der Waals surface area contributed by atoms with Crippen LogP contribution >= 0.6 is 11.8 Å². The third-order valence-electron chi connectivity index (χ3n) is 4.47. The number of amides is 2. The van der Waals surface area contributed by atoms with Crippen LogP contribution in [-0.2, 0) is 28.9 Å². The molecule has 6 nitrogen and oxygen atoms in total. The zero-order chi connectivity index (χ0) is 18.6. The molecule has 27 heavy (non-hydrogen) atoms. The summed E-state index contributed by atoms with van der Waals surface area (Å²) in [4.78, 5) is 28.3. The molecule has 3 aromatic rings. The maximum atomic E-state index is 12.0. The summed E-state index contributed by atoms with van der Waals surface area (Å²) < 4.78 is 5.54. The topological polar surface area (TPSA) is 84.2 Å². The zero-order valence-electron chi connectivity index (χ0n) is 14.7. The first kappa shape index (κ1) is 17.6. The molecular weight excluding hydrogens is 362 g/mol. The van der Waals surface area contributed by atoms with E-state index in [0.717, 1.165) is 23.9 Å². The van der Waals surface area contributed by atoms with Gasteiger partial charge in [-0.25, -0.2) is 4.98 Å². The van der Waals surface area contributed by atoms with Gasteiger partial charge in [0.25, 0.3) is 5.22 Å². The van der Waals surface area contributed by atoms with Gasteiger partial charge in [-0.1, -0.05) is 42.1 Å². The Morgan fingerprint density at radius 1 is 1.04 bits per heavy atom. The van der Waals surface area contributed by atoms with Crippen molar-refractivity contribution in [3.8, 4) is 0 Å². The highest BCUT2D eigenvalue weighted by molar-refractivity contribution is 7.99. The average Bonchev–Trinajstić information content (AvgIpc) is 3.30. The summed E-state index contributed by atoms with van der Waals surface area (Å²) >= 11 is 1.18. The number of carbonyl (C=O) groups excluding carboxylic acids is 2. The van der Waals surface area contributed by atoms with E-state index in [4.69, 9.17) is 4.42 Å². The van der Waals surface area contributed by atoms with Crippen molar-refractivity contribution in [1.82, 2.24) is 15.8 Å². The molecular formula is C20H19N3O3S. The standard InChI is InChI=1S/C20H19N3O3S/c24-18(11-13-8-9-14-4-3-5-15(14)10-13)22-23-19(25)12-27-20-21-16-6-1-2-7-17(16)26-20/h1-2,6-10H,3-5,11-12H2,(H,22,24)(H,23,25). The summed E-state index contributed by atoms with van der Waals surface area (Å²) in [6, 6.07) is 13.6. The van der Waals surface area contributed by atoms with Gasteiger partial charge in [-0.05, 0) is 48.1 Å². The fourth-order valence-corrected chi connectivity index (χ4v) is 3.82. The van der Waals surface area contributed by atoms with Crippen LogP contribution in [0.15, 0.2) is 52.1 Å². The molecule has 1 aliphatic rings. The number of aryl methyl sites for hydroxylation is 2. The third-order valence-corrected chi connectivity index (χ3v) is 5.30. The van der Waals surface area contributed by atoms with Crippen molar-refractivity contribution >= 4 is 34.7 Å². The molecule has 0 atom stereocenters. The Bertz CT molecular complexity index is 966. The number of oxazole rings is 1. The monoisotopic (exact) mass is 381 g/mol. The maximum Gasteiger partial charge on any atom is 0.257 e. The van der Waals surface area contributed by atoms with Gasteiger partial charge >= 0.3 is 0 Å². The third kappa shape index (κ3) is 4.31. The minimum atomic E-state index is -0.315. The molecule has 0 saturated carbocycles. The van der Waals surface area contributed by atoms with E-state index in [9.17, 15) is 9.59 Å². The molecule has 2 amide bonds. The van der Waals surface area contributed by atoms with Gasteiger partial charge in [-0.15, -0.1) is 0 Å². The lowest BCUT2D eigenvalue weighted by atomic mass is 10.0. The van der Waals surface area contributed by atoms with Crippen molar-refractivity contribution in [3.05, 3.63) is 59.2 Å². The summed E-state index contributed by atoms with van der Waals surface area (Å²) in [7, 11) is 0. The van der Waals surface area contributed by atoms with Crippen LogP contribution in [0.3, 0.4) is 0 Å². The predicted molar refractivity (Wildman–Crippen MR) is 103 cm³/mol. The molecule has 1 aromatic heterocycles. The van der Waals surface area contributed by atoms with E-state index < -0.39 is 0 Å². The Balaban J connectivity index is 1.23. The highest BCUT2D eigenvalue weighted by atomic mass is 32.2. The van der Waals surface area contributed by atoms with Crippen molar-refractivity contribution < 1.29 is 14.0 Å². The molecule has 0 saturated heterocycles. The van der Waals surface area contributed by atoms with Crippen molar-refractivity contribution in [2.75, 3.05) is 5.75 Å². The van der Waals surface area contributed by atoms with Gasteiger partial charge in [0, 0.05) is 0 Å². The van der Waals surface area contributed by atoms with Crippen LogP contribution in [0.2, 0.25) is 0 Å². The quantitative estimate of drug-likeness (QED) is 0.524. The van der Waals surface area contributed by atoms with Crippen molar-refractivity contribution in [2.24, 2.45) is 0 Å². The van der Waals surface area contributed by atoms with Crippen molar-refractivity contribution in [3.63, 3.8) is 0 Å². The lowest BCUT2D eigenvalue weighted by Gasteiger charge is -2.08. The second-order valence-corrected chi connectivity index (χ2v) is 7.39. The Morgan fingerprint density at radius 3 is 2.74 bits per heavy atom. The number of nitrogens with one attached hydrogen (secondary N) is 2. The van der Waals surface area contributed by atoms with Crippen LogP contribution in [0.25, 0.3) is 11.1 Å². The summed E-state index contributed by atoms with van der Waals surface area (Å²) in [5, 5.41) is 0.427. The maximum absolute atomic E-state index is 12.0. The number of hydrogen-bond donors (Lipinski definition) is 2. The van der Waals surface area contributed by atoms with Crippen LogP contribution in [0, 0.1) is 0 Å². The number of nitrogens with zero attached hydrogens (tertiary/aromatic N) is 1. The number of benzene rings is 2. The van der Waals surface area contributed by atoms with E-state index in [1.54, 1.807) is 0 Å². The van der Waals surface area contributed by atoms with Crippen LogP contribution in [0.1, 0.15) is 23.1 Å². The van der Waals surface area contributed by atoms with Gasteiger partial charge in [0.1, 0.15) is 5.52 Å². The first-order chi connectivity index (χ1) is 13.2. The number of hydrogen-bond acceptors (Lipinski definition) is 5. The molecule has 0 unspecified atom stereocenters. The number of thioether (sulfide) groups is 1. The van der Waals surface area contributed by atoms with Gasteiger partial charge in [0.15, 0.2) is 5.58 Å². The lowest BCUT2D eigenvalue weighted by molar-refractivity contribution is -0.127. The molecule has 0 fully saturated rings. The molecule has 138 valence electrons. The summed E-state index contributed by atoms with van der Waals surface area (Å²) in [5.74, 6) is -0.455. The molecule has 0 radical (unpaired) electrons. The fourth-order valence-electron chi connectivity index (χ4n) is 3.18. The molecule has 0 bridgehead atoms. The minimum absolute atomic E-state index is 0.103. The first-order valence-corrected chi connectivity index (χ1v) is 9.83. The van der Waals surface area contributed by atoms with E-state index in [-0.39, 0.29) is 24.0 Å². The highest BCUT2D eigenvalue weighted by Crippen LogP contribution is 2.23. The summed E-state index contributed by atoms with van der Waals surface area (Å²) in [5.41, 5.74) is 10.00. The molecule has 4 rings (SSSR count). The normalized spacial score (nSPS) is 12.7. The van der Waals surface area contributed by atoms with E-state index >= 15 is 0 Å². The Labute approximate surface area is 160 Å². The van der Waals surface area contributed by atoms with E-state index in [0.29, 0.717) is 10.8 Å². The fraction of sp³-hybridized carbons (Fsp3) is 0.250.